The second kappa shape index (κ2) is 8.98. The minimum absolute atomic E-state index is 0.0316. The SMILES string of the molecule is COc1ccccc1NS(=O)(=O)c1cc(NC(=O)C2CCC3(CC2)NC(=O)NC3=O)ccc1C. The summed E-state index contributed by atoms with van der Waals surface area (Å²) in [5, 5.41) is 7.72. The van der Waals surface area contributed by atoms with E-state index in [4.69, 9.17) is 4.74 Å². The molecule has 4 N–H and O–H groups in total. The van der Waals surface area contributed by atoms with Crippen LogP contribution in [0, 0.1) is 12.8 Å². The van der Waals surface area contributed by atoms with Gasteiger partial charge >= 0.3 is 6.03 Å². The third-order valence-electron chi connectivity index (χ3n) is 6.32. The number of carbonyl (C=O) groups excluding carboxylic acids is 3. The summed E-state index contributed by atoms with van der Waals surface area (Å²) in [6, 6.07) is 10.8. The lowest BCUT2D eigenvalue weighted by Gasteiger charge is -2.33. The number of sulfonamides is 1. The van der Waals surface area contributed by atoms with Crippen molar-refractivity contribution < 1.29 is 27.5 Å². The first kappa shape index (κ1) is 23.6. The van der Waals surface area contributed by atoms with E-state index in [9.17, 15) is 22.8 Å². The molecule has 0 bridgehead atoms. The van der Waals surface area contributed by atoms with Crippen LogP contribution < -0.4 is 25.4 Å². The Morgan fingerprint density at radius 1 is 1.12 bits per heavy atom. The van der Waals surface area contributed by atoms with Crippen LogP contribution in [-0.4, -0.2) is 38.9 Å². The van der Waals surface area contributed by atoms with Crippen LogP contribution in [0.25, 0.3) is 0 Å². The van der Waals surface area contributed by atoms with E-state index < -0.39 is 21.6 Å². The van der Waals surface area contributed by atoms with Gasteiger partial charge in [-0.1, -0.05) is 18.2 Å². The normalized spacial score (nSPS) is 22.1. The van der Waals surface area contributed by atoms with Gasteiger partial charge < -0.3 is 15.4 Å². The van der Waals surface area contributed by atoms with Crippen molar-refractivity contribution >= 4 is 39.2 Å². The van der Waals surface area contributed by atoms with E-state index in [2.05, 4.69) is 20.7 Å². The van der Waals surface area contributed by atoms with Crippen LogP contribution in [0.4, 0.5) is 16.2 Å². The smallest absolute Gasteiger partial charge is 0.322 e. The third-order valence-corrected chi connectivity index (χ3v) is 7.83. The number of benzene rings is 2. The molecule has 1 saturated carbocycles. The maximum absolute atomic E-state index is 13.1. The molecule has 180 valence electrons. The number of imide groups is 1. The van der Waals surface area contributed by atoms with Crippen LogP contribution in [0.5, 0.6) is 5.75 Å². The van der Waals surface area contributed by atoms with Gasteiger partial charge in [0.1, 0.15) is 11.3 Å². The van der Waals surface area contributed by atoms with Crippen molar-refractivity contribution in [1.82, 2.24) is 10.6 Å². The van der Waals surface area contributed by atoms with Gasteiger partial charge in [-0.25, -0.2) is 13.2 Å². The molecule has 1 aliphatic carbocycles. The fourth-order valence-corrected chi connectivity index (χ4v) is 5.74. The van der Waals surface area contributed by atoms with E-state index in [0.29, 0.717) is 48.4 Å². The van der Waals surface area contributed by atoms with Crippen molar-refractivity contribution in [1.29, 1.82) is 0 Å². The van der Waals surface area contributed by atoms with Gasteiger partial charge in [0.2, 0.25) is 5.91 Å². The topological polar surface area (TPSA) is 143 Å². The molecule has 1 spiro atoms. The summed E-state index contributed by atoms with van der Waals surface area (Å²) in [6.07, 6.45) is 1.57. The Hall–Kier alpha value is -3.60. The number of carbonyl (C=O) groups is 3. The minimum Gasteiger partial charge on any atom is -0.495 e. The summed E-state index contributed by atoms with van der Waals surface area (Å²) in [5.41, 5.74) is 0.229. The van der Waals surface area contributed by atoms with E-state index in [0.717, 1.165) is 0 Å². The zero-order valence-corrected chi connectivity index (χ0v) is 19.6. The molecule has 4 amide bonds. The number of urea groups is 1. The maximum Gasteiger partial charge on any atom is 0.322 e. The molecule has 0 radical (unpaired) electrons. The number of amides is 4. The van der Waals surface area contributed by atoms with Gasteiger partial charge in [-0.2, -0.15) is 0 Å². The predicted octanol–water partition coefficient (Wildman–Crippen LogP) is 2.51. The summed E-state index contributed by atoms with van der Waals surface area (Å²) in [6.45, 7) is 1.67. The molecule has 1 saturated heterocycles. The first-order chi connectivity index (χ1) is 16.1. The van der Waals surface area contributed by atoms with Crippen LogP contribution in [0.2, 0.25) is 0 Å². The molecular formula is C23H26N4O6S. The number of nitrogens with one attached hydrogen (secondary N) is 4. The summed E-state index contributed by atoms with van der Waals surface area (Å²) >= 11 is 0. The first-order valence-corrected chi connectivity index (χ1v) is 12.3. The Morgan fingerprint density at radius 2 is 1.82 bits per heavy atom. The fraction of sp³-hybridized carbons (Fsp3) is 0.348. The lowest BCUT2D eigenvalue weighted by molar-refractivity contribution is -0.128. The van der Waals surface area contributed by atoms with Gasteiger partial charge in [-0.05, 0) is 62.4 Å². The van der Waals surface area contributed by atoms with E-state index in [1.165, 1.54) is 13.2 Å². The summed E-state index contributed by atoms with van der Waals surface area (Å²) in [7, 11) is -2.50. The predicted molar refractivity (Wildman–Crippen MR) is 125 cm³/mol. The molecule has 2 aliphatic rings. The van der Waals surface area contributed by atoms with Crippen molar-refractivity contribution in [3.63, 3.8) is 0 Å². The minimum atomic E-state index is -3.95. The highest BCUT2D eigenvalue weighted by Gasteiger charge is 2.48. The molecule has 1 aliphatic heterocycles. The zero-order chi connectivity index (χ0) is 24.5. The highest BCUT2D eigenvalue weighted by molar-refractivity contribution is 7.92. The van der Waals surface area contributed by atoms with Gasteiger partial charge in [0, 0.05) is 11.6 Å². The van der Waals surface area contributed by atoms with Crippen molar-refractivity contribution in [3.05, 3.63) is 48.0 Å². The molecular weight excluding hydrogens is 460 g/mol. The van der Waals surface area contributed by atoms with Gasteiger partial charge in [0.15, 0.2) is 0 Å². The van der Waals surface area contributed by atoms with Gasteiger partial charge in [-0.15, -0.1) is 0 Å². The Labute approximate surface area is 197 Å². The zero-order valence-electron chi connectivity index (χ0n) is 18.8. The molecule has 34 heavy (non-hydrogen) atoms. The molecule has 10 nitrogen and oxygen atoms in total. The van der Waals surface area contributed by atoms with Crippen molar-refractivity contribution in [2.45, 2.75) is 43.0 Å². The van der Waals surface area contributed by atoms with Crippen LogP contribution in [0.15, 0.2) is 47.4 Å². The Balaban J connectivity index is 1.46. The second-order valence-corrected chi connectivity index (χ2v) is 10.2. The van der Waals surface area contributed by atoms with Gasteiger partial charge in [0.25, 0.3) is 15.9 Å². The monoisotopic (exact) mass is 486 g/mol. The molecule has 4 rings (SSSR count). The summed E-state index contributed by atoms with van der Waals surface area (Å²) < 4.78 is 33.9. The number of hydrogen-bond donors (Lipinski definition) is 4. The van der Waals surface area contributed by atoms with Crippen molar-refractivity contribution in [2.75, 3.05) is 17.1 Å². The lowest BCUT2D eigenvalue weighted by Crippen LogP contribution is -2.50. The molecule has 0 aromatic heterocycles. The number of rotatable bonds is 6. The molecule has 2 aromatic rings. The Morgan fingerprint density at radius 3 is 2.47 bits per heavy atom. The van der Waals surface area contributed by atoms with Crippen LogP contribution in [-0.2, 0) is 19.6 Å². The number of aryl methyl sites for hydroxylation is 1. The molecule has 0 unspecified atom stereocenters. The molecule has 1 heterocycles. The molecule has 2 fully saturated rings. The molecule has 11 heteroatoms. The number of anilines is 2. The standard InChI is InChI=1S/C23H26N4O6S/c1-14-7-8-16(13-19(14)34(31,32)27-17-5-3-4-6-18(17)33-2)24-20(28)15-9-11-23(12-10-15)21(29)25-22(30)26-23/h3-8,13,15,27H,9-12H2,1-2H3,(H,24,28)(H2,25,26,29,30). The van der Waals surface area contributed by atoms with Gasteiger partial charge in [-0.3, -0.25) is 19.6 Å². The maximum atomic E-state index is 13.1. The average molecular weight is 487 g/mol. The van der Waals surface area contributed by atoms with E-state index in [1.807, 2.05) is 0 Å². The van der Waals surface area contributed by atoms with Crippen LogP contribution in [0.1, 0.15) is 31.2 Å². The second-order valence-electron chi connectivity index (χ2n) is 8.54. The highest BCUT2D eigenvalue weighted by atomic mass is 32.2. The van der Waals surface area contributed by atoms with Crippen LogP contribution in [0.3, 0.4) is 0 Å². The Bertz CT molecular complexity index is 1250. The molecule has 0 atom stereocenters. The Kier molecular flexibility index (Phi) is 6.22. The van der Waals surface area contributed by atoms with E-state index in [1.54, 1.807) is 43.3 Å². The van der Waals surface area contributed by atoms with Crippen LogP contribution >= 0.6 is 0 Å². The largest absolute Gasteiger partial charge is 0.495 e. The highest BCUT2D eigenvalue weighted by Crippen LogP contribution is 2.35. The van der Waals surface area contributed by atoms with Gasteiger partial charge in [0.05, 0.1) is 17.7 Å². The fourth-order valence-electron chi connectivity index (χ4n) is 4.39. The van der Waals surface area contributed by atoms with E-state index >= 15 is 0 Å². The number of methoxy groups -OCH3 is 1. The lowest BCUT2D eigenvalue weighted by atomic mass is 9.76. The average Bonchev–Trinajstić information content (AvgIpc) is 3.07. The summed E-state index contributed by atoms with van der Waals surface area (Å²) in [4.78, 5) is 36.5. The van der Waals surface area contributed by atoms with Crippen molar-refractivity contribution in [2.24, 2.45) is 5.92 Å². The summed E-state index contributed by atoms with van der Waals surface area (Å²) in [5.74, 6) is -0.587. The number of para-hydroxylation sites is 2. The molecule has 2 aromatic carbocycles. The van der Waals surface area contributed by atoms with Crippen molar-refractivity contribution in [3.8, 4) is 5.75 Å². The first-order valence-electron chi connectivity index (χ1n) is 10.8. The third kappa shape index (κ3) is 4.56. The van der Waals surface area contributed by atoms with E-state index in [-0.39, 0.29) is 22.6 Å². The number of ether oxygens (including phenoxy) is 1. The number of hydrogen-bond acceptors (Lipinski definition) is 6. The quantitative estimate of drug-likeness (QED) is 0.462.